The number of benzene rings is 2. The molecule has 2 aromatic carbocycles. The number of pyridine rings is 1. The van der Waals surface area contributed by atoms with Crippen molar-refractivity contribution in [2.45, 2.75) is 6.92 Å². The van der Waals surface area contributed by atoms with Gasteiger partial charge in [-0.3, -0.25) is 24.3 Å². The number of hydrogen-bond acceptors (Lipinski definition) is 4. The van der Waals surface area contributed by atoms with E-state index in [1.54, 1.807) is 12.1 Å². The molecule has 0 atom stereocenters. The molecule has 0 saturated carbocycles. The van der Waals surface area contributed by atoms with Crippen molar-refractivity contribution in [3.05, 3.63) is 81.6 Å². The first kappa shape index (κ1) is 15.8. The lowest BCUT2D eigenvalue weighted by Crippen LogP contribution is -2.24. The zero-order valence-electron chi connectivity index (χ0n) is 13.9. The molecule has 0 spiro atoms. The number of nitrogen functional groups attached to an aromatic ring is 1. The Kier molecular flexibility index (Phi) is 3.47. The Morgan fingerprint density at radius 3 is 2.31 bits per heavy atom. The number of nitrogens with one attached hydrogen (secondary N) is 1. The van der Waals surface area contributed by atoms with Crippen LogP contribution in [0.25, 0.3) is 16.8 Å². The molecular formula is C20H15N3O3. The van der Waals surface area contributed by atoms with Gasteiger partial charge in [-0.1, -0.05) is 48.0 Å². The number of para-hydroxylation sites is 1. The quantitative estimate of drug-likeness (QED) is 0.697. The van der Waals surface area contributed by atoms with Gasteiger partial charge in [-0.25, -0.2) is 0 Å². The van der Waals surface area contributed by atoms with E-state index in [1.807, 2.05) is 43.3 Å². The molecule has 1 aliphatic rings. The van der Waals surface area contributed by atoms with Crippen molar-refractivity contribution in [2.75, 3.05) is 5.73 Å². The summed E-state index contributed by atoms with van der Waals surface area (Å²) in [5, 5.41) is 2.17. The number of amides is 2. The topological polar surface area (TPSA) is 94.2 Å². The summed E-state index contributed by atoms with van der Waals surface area (Å²) in [6.45, 7) is 1.99. The second-order valence-corrected chi connectivity index (χ2v) is 6.16. The number of anilines is 1. The van der Waals surface area contributed by atoms with E-state index in [9.17, 15) is 14.4 Å². The van der Waals surface area contributed by atoms with Gasteiger partial charge in [0.05, 0.1) is 16.8 Å². The fourth-order valence-electron chi connectivity index (χ4n) is 3.17. The molecule has 0 bridgehead atoms. The van der Waals surface area contributed by atoms with E-state index in [2.05, 4.69) is 5.32 Å². The van der Waals surface area contributed by atoms with Crippen LogP contribution in [0.1, 0.15) is 26.3 Å². The van der Waals surface area contributed by atoms with Crippen LogP contribution in [0.15, 0.2) is 59.4 Å². The molecule has 26 heavy (non-hydrogen) atoms. The SMILES string of the molecule is Cc1ccc(-c2ccccc2-n2c(N)c3c(cc2=O)C(=O)NC3=O)cc1. The van der Waals surface area contributed by atoms with Crippen LogP contribution in [0.2, 0.25) is 0 Å². The maximum absolute atomic E-state index is 12.7. The monoisotopic (exact) mass is 345 g/mol. The summed E-state index contributed by atoms with van der Waals surface area (Å²) in [7, 11) is 0. The summed E-state index contributed by atoms with van der Waals surface area (Å²) in [5.74, 6) is -1.24. The molecule has 0 unspecified atom stereocenters. The summed E-state index contributed by atoms with van der Waals surface area (Å²) in [4.78, 5) is 36.6. The van der Waals surface area contributed by atoms with E-state index < -0.39 is 17.4 Å². The van der Waals surface area contributed by atoms with E-state index in [0.717, 1.165) is 22.8 Å². The third kappa shape index (κ3) is 2.31. The van der Waals surface area contributed by atoms with Gasteiger partial charge in [-0.05, 0) is 18.6 Å². The average Bonchev–Trinajstić information content (AvgIpc) is 2.90. The Balaban J connectivity index is 2.00. The highest BCUT2D eigenvalue weighted by Crippen LogP contribution is 2.30. The largest absolute Gasteiger partial charge is 0.384 e. The average molecular weight is 345 g/mol. The van der Waals surface area contributed by atoms with E-state index in [1.165, 1.54) is 4.57 Å². The van der Waals surface area contributed by atoms with Crippen LogP contribution in [0.4, 0.5) is 5.82 Å². The lowest BCUT2D eigenvalue weighted by Gasteiger charge is -2.16. The highest BCUT2D eigenvalue weighted by molar-refractivity contribution is 6.23. The molecule has 4 rings (SSSR count). The lowest BCUT2D eigenvalue weighted by atomic mass is 10.0. The van der Waals surface area contributed by atoms with E-state index in [4.69, 9.17) is 5.73 Å². The van der Waals surface area contributed by atoms with Crippen LogP contribution >= 0.6 is 0 Å². The molecular weight excluding hydrogens is 330 g/mol. The van der Waals surface area contributed by atoms with Crippen molar-refractivity contribution in [1.29, 1.82) is 0 Å². The van der Waals surface area contributed by atoms with Gasteiger partial charge in [0.25, 0.3) is 17.4 Å². The molecule has 0 saturated heterocycles. The van der Waals surface area contributed by atoms with Gasteiger partial charge in [0.1, 0.15) is 5.82 Å². The van der Waals surface area contributed by atoms with Crippen molar-refractivity contribution >= 4 is 17.6 Å². The lowest BCUT2D eigenvalue weighted by molar-refractivity contribution is 0.0880. The minimum Gasteiger partial charge on any atom is -0.384 e. The second-order valence-electron chi connectivity index (χ2n) is 6.16. The highest BCUT2D eigenvalue weighted by Gasteiger charge is 2.32. The molecule has 0 radical (unpaired) electrons. The number of carbonyl (C=O) groups excluding carboxylic acids is 2. The first-order valence-electron chi connectivity index (χ1n) is 8.05. The van der Waals surface area contributed by atoms with E-state index in [-0.39, 0.29) is 16.9 Å². The van der Waals surface area contributed by atoms with E-state index in [0.29, 0.717) is 5.69 Å². The van der Waals surface area contributed by atoms with E-state index >= 15 is 0 Å². The maximum atomic E-state index is 12.7. The third-order valence-corrected chi connectivity index (χ3v) is 4.46. The van der Waals surface area contributed by atoms with Crippen LogP contribution in [-0.4, -0.2) is 16.4 Å². The minimum atomic E-state index is -0.604. The summed E-state index contributed by atoms with van der Waals surface area (Å²) in [6.07, 6.45) is 0. The molecule has 6 nitrogen and oxygen atoms in total. The van der Waals surface area contributed by atoms with Crippen LogP contribution in [0, 0.1) is 6.92 Å². The Morgan fingerprint density at radius 2 is 1.58 bits per heavy atom. The summed E-state index contributed by atoms with van der Waals surface area (Å²) >= 11 is 0. The number of rotatable bonds is 2. The first-order chi connectivity index (χ1) is 12.5. The van der Waals surface area contributed by atoms with Gasteiger partial charge >= 0.3 is 0 Å². The Morgan fingerprint density at radius 1 is 0.885 bits per heavy atom. The number of fused-ring (bicyclic) bond motifs is 1. The van der Waals surface area contributed by atoms with Crippen LogP contribution < -0.4 is 16.6 Å². The number of nitrogens with two attached hydrogens (primary N) is 1. The molecule has 3 aromatic rings. The number of nitrogens with zero attached hydrogens (tertiary/aromatic N) is 1. The zero-order valence-corrected chi connectivity index (χ0v) is 13.9. The minimum absolute atomic E-state index is 0.0153. The Hall–Kier alpha value is -3.67. The molecule has 1 aromatic heterocycles. The Bertz CT molecular complexity index is 1130. The summed E-state index contributed by atoms with van der Waals surface area (Å²) in [5.41, 5.74) is 9.11. The number of carbonyl (C=O) groups is 2. The standard InChI is InChI=1S/C20H15N3O3/c1-11-6-8-12(9-7-11)13-4-2-3-5-15(13)23-16(24)10-14-17(18(23)21)20(26)22-19(14)25/h2-10H,21H2,1H3,(H,22,25,26). The smallest absolute Gasteiger partial charge is 0.262 e. The second kappa shape index (κ2) is 5.70. The van der Waals surface area contributed by atoms with Crippen molar-refractivity contribution in [3.63, 3.8) is 0 Å². The van der Waals surface area contributed by atoms with Gasteiger partial charge in [0.2, 0.25) is 0 Å². The summed E-state index contributed by atoms with van der Waals surface area (Å²) in [6, 6.07) is 16.3. The van der Waals surface area contributed by atoms with Gasteiger partial charge in [-0.2, -0.15) is 0 Å². The number of hydrogen-bond donors (Lipinski definition) is 2. The third-order valence-electron chi connectivity index (χ3n) is 4.46. The predicted molar refractivity (Wildman–Crippen MR) is 98.4 cm³/mol. The van der Waals surface area contributed by atoms with Crippen molar-refractivity contribution in [2.24, 2.45) is 0 Å². The Labute approximate surface area is 148 Å². The maximum Gasteiger partial charge on any atom is 0.262 e. The number of aryl methyl sites for hydroxylation is 1. The van der Waals surface area contributed by atoms with Crippen molar-refractivity contribution in [3.8, 4) is 16.8 Å². The van der Waals surface area contributed by atoms with Gasteiger partial charge in [0, 0.05) is 11.6 Å². The molecule has 6 heteroatoms. The van der Waals surface area contributed by atoms with Gasteiger partial charge in [0.15, 0.2) is 0 Å². The molecule has 128 valence electrons. The van der Waals surface area contributed by atoms with Crippen LogP contribution in [-0.2, 0) is 0 Å². The van der Waals surface area contributed by atoms with Gasteiger partial charge in [-0.15, -0.1) is 0 Å². The van der Waals surface area contributed by atoms with Gasteiger partial charge < -0.3 is 5.73 Å². The molecule has 3 N–H and O–H groups in total. The number of imide groups is 1. The molecule has 2 amide bonds. The summed E-state index contributed by atoms with van der Waals surface area (Å²) < 4.78 is 1.27. The molecule has 0 fully saturated rings. The molecule has 0 aliphatic carbocycles. The van der Waals surface area contributed by atoms with Crippen LogP contribution in [0.5, 0.6) is 0 Å². The highest BCUT2D eigenvalue weighted by atomic mass is 16.2. The van der Waals surface area contributed by atoms with Crippen LogP contribution in [0.3, 0.4) is 0 Å². The normalized spacial score (nSPS) is 12.8. The zero-order chi connectivity index (χ0) is 18.4. The molecule has 1 aliphatic heterocycles. The fraction of sp³-hybridized carbons (Fsp3) is 0.0500. The fourth-order valence-corrected chi connectivity index (χ4v) is 3.17. The molecule has 2 heterocycles. The van der Waals surface area contributed by atoms with Crippen molar-refractivity contribution in [1.82, 2.24) is 9.88 Å². The predicted octanol–water partition coefficient (Wildman–Crippen LogP) is 2.28. The van der Waals surface area contributed by atoms with Crippen molar-refractivity contribution < 1.29 is 9.59 Å². The first-order valence-corrected chi connectivity index (χ1v) is 8.05. The number of aromatic nitrogens is 1.